The highest BCUT2D eigenvalue weighted by Crippen LogP contribution is 2.31. The molecule has 8 nitrogen and oxygen atoms in total. The highest BCUT2D eigenvalue weighted by Gasteiger charge is 2.50. The average molecular weight is 509 g/mol. The van der Waals surface area contributed by atoms with E-state index in [1.165, 1.54) is 0 Å². The number of carbonyl (C=O) groups excluding carboxylic acids is 4. The Hall–Kier alpha value is -3.68. The Morgan fingerprint density at radius 1 is 0.919 bits per heavy atom. The van der Waals surface area contributed by atoms with Gasteiger partial charge in [0.15, 0.2) is 6.10 Å². The third-order valence-electron chi connectivity index (χ3n) is 6.71. The molecule has 1 saturated heterocycles. The topological polar surface area (TPSA) is 111 Å². The Balaban J connectivity index is 1.70. The molecule has 2 amide bonds. The quantitative estimate of drug-likeness (QED) is 0.426. The maximum absolute atomic E-state index is 13.3. The van der Waals surface area contributed by atoms with Crippen molar-refractivity contribution in [1.82, 2.24) is 10.6 Å². The van der Waals surface area contributed by atoms with Crippen LogP contribution in [0.25, 0.3) is 0 Å². The van der Waals surface area contributed by atoms with Gasteiger partial charge in [-0.25, -0.2) is 4.79 Å². The van der Waals surface area contributed by atoms with Crippen molar-refractivity contribution in [1.29, 1.82) is 0 Å². The van der Waals surface area contributed by atoms with Crippen LogP contribution in [0.3, 0.4) is 0 Å². The van der Waals surface area contributed by atoms with Gasteiger partial charge in [-0.3, -0.25) is 14.4 Å². The van der Waals surface area contributed by atoms with Crippen molar-refractivity contribution in [2.24, 2.45) is 17.8 Å². The first kappa shape index (κ1) is 27.9. The zero-order chi connectivity index (χ0) is 26.9. The molecule has 1 fully saturated rings. The van der Waals surface area contributed by atoms with Gasteiger partial charge < -0.3 is 20.1 Å². The summed E-state index contributed by atoms with van der Waals surface area (Å²) in [6.07, 6.45) is 0.0339. The van der Waals surface area contributed by atoms with Crippen LogP contribution in [0.4, 0.5) is 0 Å². The number of cyclic esters (lactones) is 1. The molecule has 0 radical (unpaired) electrons. The monoisotopic (exact) mass is 508 g/mol. The highest BCUT2D eigenvalue weighted by atomic mass is 16.6. The van der Waals surface area contributed by atoms with Crippen LogP contribution in [0.15, 0.2) is 60.7 Å². The fourth-order valence-corrected chi connectivity index (χ4v) is 4.23. The van der Waals surface area contributed by atoms with Gasteiger partial charge in [-0.15, -0.1) is 0 Å². The van der Waals surface area contributed by atoms with Gasteiger partial charge in [0.25, 0.3) is 5.91 Å². The molecule has 2 aromatic rings. The minimum Gasteiger partial charge on any atom is -0.459 e. The van der Waals surface area contributed by atoms with E-state index in [4.69, 9.17) is 9.47 Å². The second kappa shape index (κ2) is 13.0. The number of esters is 2. The predicted molar refractivity (Wildman–Crippen MR) is 138 cm³/mol. The van der Waals surface area contributed by atoms with E-state index in [0.717, 1.165) is 17.5 Å². The smallest absolute Gasteiger partial charge is 0.329 e. The molecule has 2 aromatic carbocycles. The summed E-state index contributed by atoms with van der Waals surface area (Å²) in [5.74, 6) is -2.81. The summed E-state index contributed by atoms with van der Waals surface area (Å²) in [5.41, 5.74) is 1.69. The molecule has 37 heavy (non-hydrogen) atoms. The number of hydrogen-bond acceptors (Lipinski definition) is 6. The average Bonchev–Trinajstić information content (AvgIpc) is 2.89. The largest absolute Gasteiger partial charge is 0.459 e. The molecular weight excluding hydrogens is 472 g/mol. The first-order valence-corrected chi connectivity index (χ1v) is 12.8. The Morgan fingerprint density at radius 3 is 2.05 bits per heavy atom. The van der Waals surface area contributed by atoms with Crippen molar-refractivity contribution in [2.75, 3.05) is 0 Å². The molecule has 5 unspecified atom stereocenters. The molecule has 3 rings (SSSR count). The molecule has 1 aliphatic heterocycles. The Bertz CT molecular complexity index is 1070. The van der Waals surface area contributed by atoms with E-state index >= 15 is 0 Å². The second-order valence-corrected chi connectivity index (χ2v) is 9.84. The van der Waals surface area contributed by atoms with Crippen molar-refractivity contribution in [3.8, 4) is 0 Å². The summed E-state index contributed by atoms with van der Waals surface area (Å²) >= 11 is 0. The molecule has 1 heterocycles. The maximum atomic E-state index is 13.3. The summed E-state index contributed by atoms with van der Waals surface area (Å²) < 4.78 is 10.6. The lowest BCUT2D eigenvalue weighted by Gasteiger charge is -2.38. The van der Waals surface area contributed by atoms with Crippen LogP contribution >= 0.6 is 0 Å². The molecule has 2 N–H and O–H groups in total. The van der Waals surface area contributed by atoms with Crippen LogP contribution < -0.4 is 10.6 Å². The Morgan fingerprint density at radius 2 is 1.51 bits per heavy atom. The number of rotatable bonds is 12. The van der Waals surface area contributed by atoms with E-state index < -0.39 is 47.9 Å². The van der Waals surface area contributed by atoms with Gasteiger partial charge in [-0.05, 0) is 23.0 Å². The first-order chi connectivity index (χ1) is 17.7. The van der Waals surface area contributed by atoms with E-state index in [2.05, 4.69) is 10.6 Å². The predicted octanol–water partition coefficient (Wildman–Crippen LogP) is 3.19. The molecule has 198 valence electrons. The summed E-state index contributed by atoms with van der Waals surface area (Å²) in [6.45, 7) is 7.51. The highest BCUT2D eigenvalue weighted by molar-refractivity contribution is 5.97. The van der Waals surface area contributed by atoms with Crippen LogP contribution in [0.5, 0.6) is 0 Å². The minimum atomic E-state index is -0.953. The zero-order valence-corrected chi connectivity index (χ0v) is 21.8. The maximum Gasteiger partial charge on any atom is 0.329 e. The van der Waals surface area contributed by atoms with Gasteiger partial charge in [0.2, 0.25) is 5.91 Å². The molecular formula is C29H36N2O6. The van der Waals surface area contributed by atoms with Crippen LogP contribution in [0.2, 0.25) is 0 Å². The third kappa shape index (κ3) is 7.41. The molecule has 1 aliphatic rings. The molecule has 0 bridgehead atoms. The molecule has 0 spiro atoms. The lowest BCUT2D eigenvalue weighted by Crippen LogP contribution is -2.61. The standard InChI is InChI=1S/C29H36N2O6/c1-5-19(4)23-25(37-29(23)35)27(33)31-24(18(2)3)26(32)30-22(16-20-12-8-6-9-13-20)28(34)36-17-21-14-10-7-11-15-21/h6-15,18-19,22-25H,5,16-17H2,1-4H3,(H,30,32)(H,31,33). The minimum absolute atomic E-state index is 0.0158. The normalized spacial score (nSPS) is 19.1. The fraction of sp³-hybridized carbons (Fsp3) is 0.448. The number of amides is 2. The van der Waals surface area contributed by atoms with Gasteiger partial charge >= 0.3 is 11.9 Å². The van der Waals surface area contributed by atoms with E-state index in [1.807, 2.05) is 74.5 Å². The van der Waals surface area contributed by atoms with Crippen molar-refractivity contribution < 1.29 is 28.7 Å². The summed E-state index contributed by atoms with van der Waals surface area (Å²) in [6, 6.07) is 16.7. The molecule has 0 saturated carbocycles. The number of carbonyl (C=O) groups is 4. The fourth-order valence-electron chi connectivity index (χ4n) is 4.23. The summed E-state index contributed by atoms with van der Waals surface area (Å²) in [7, 11) is 0. The number of ether oxygens (including phenoxy) is 2. The lowest BCUT2D eigenvalue weighted by atomic mass is 9.82. The Kier molecular flexibility index (Phi) is 9.83. The SMILES string of the molecule is CCC(C)C1C(=O)OC1C(=O)NC(C(=O)NC(Cc1ccccc1)C(=O)OCc1ccccc1)C(C)C. The van der Waals surface area contributed by atoms with Crippen molar-refractivity contribution in [3.63, 3.8) is 0 Å². The van der Waals surface area contributed by atoms with Crippen LogP contribution in [-0.2, 0) is 41.7 Å². The second-order valence-electron chi connectivity index (χ2n) is 9.84. The zero-order valence-electron chi connectivity index (χ0n) is 21.8. The lowest BCUT2D eigenvalue weighted by molar-refractivity contribution is -0.193. The molecule has 0 aliphatic carbocycles. The van der Waals surface area contributed by atoms with Crippen LogP contribution in [0.1, 0.15) is 45.2 Å². The summed E-state index contributed by atoms with van der Waals surface area (Å²) in [5, 5.41) is 5.51. The van der Waals surface area contributed by atoms with Crippen LogP contribution in [-0.4, -0.2) is 41.9 Å². The van der Waals surface area contributed by atoms with Crippen LogP contribution in [0, 0.1) is 17.8 Å². The summed E-state index contributed by atoms with van der Waals surface area (Å²) in [4.78, 5) is 51.2. The molecule has 8 heteroatoms. The molecule has 5 atom stereocenters. The van der Waals surface area contributed by atoms with E-state index in [9.17, 15) is 19.2 Å². The van der Waals surface area contributed by atoms with Gasteiger partial charge in [0.1, 0.15) is 24.6 Å². The van der Waals surface area contributed by atoms with E-state index in [1.54, 1.807) is 13.8 Å². The van der Waals surface area contributed by atoms with Crippen molar-refractivity contribution in [3.05, 3.63) is 71.8 Å². The number of nitrogens with one attached hydrogen (secondary N) is 2. The number of hydrogen-bond donors (Lipinski definition) is 2. The number of benzene rings is 2. The van der Waals surface area contributed by atoms with E-state index in [-0.39, 0.29) is 24.9 Å². The van der Waals surface area contributed by atoms with E-state index in [0.29, 0.717) is 0 Å². The van der Waals surface area contributed by atoms with Gasteiger partial charge in [-0.2, -0.15) is 0 Å². The Labute approximate surface area is 218 Å². The van der Waals surface area contributed by atoms with Crippen molar-refractivity contribution in [2.45, 2.75) is 65.3 Å². The van der Waals surface area contributed by atoms with Crippen molar-refractivity contribution >= 4 is 23.8 Å². The molecule has 0 aromatic heterocycles. The van der Waals surface area contributed by atoms with Gasteiger partial charge in [0.05, 0.1) is 0 Å². The van der Waals surface area contributed by atoms with Gasteiger partial charge in [0, 0.05) is 6.42 Å². The van der Waals surface area contributed by atoms with Gasteiger partial charge in [-0.1, -0.05) is 94.8 Å². The first-order valence-electron chi connectivity index (χ1n) is 12.8. The third-order valence-corrected chi connectivity index (χ3v) is 6.71.